The molecule has 5 heteroatoms. The highest BCUT2D eigenvalue weighted by molar-refractivity contribution is 6.14. The van der Waals surface area contributed by atoms with Crippen LogP contribution in [0.25, 0.3) is 0 Å². The van der Waals surface area contributed by atoms with E-state index < -0.39 is 0 Å². The van der Waals surface area contributed by atoms with Gasteiger partial charge < -0.3 is 0 Å². The van der Waals surface area contributed by atoms with Crippen LogP contribution in [0.4, 0.5) is 5.95 Å². The Hall–Kier alpha value is -1.78. The van der Waals surface area contributed by atoms with Crippen LogP contribution in [-0.2, 0) is 4.79 Å². The molecule has 0 N–H and O–H groups in total. The minimum atomic E-state index is -0.126. The third-order valence-corrected chi connectivity index (χ3v) is 2.84. The van der Waals surface area contributed by atoms with Gasteiger partial charge in [-0.25, -0.2) is 9.97 Å². The van der Waals surface area contributed by atoms with Crippen molar-refractivity contribution in [3.8, 4) is 0 Å². The Labute approximate surface area is 101 Å². The van der Waals surface area contributed by atoms with Gasteiger partial charge in [-0.2, -0.15) is 10.1 Å². The van der Waals surface area contributed by atoms with Gasteiger partial charge in [0.25, 0.3) is 11.9 Å². The largest absolute Gasteiger partial charge is 0.272 e. The summed E-state index contributed by atoms with van der Waals surface area (Å²) >= 11 is 0. The molecule has 1 aromatic rings. The number of carbonyl (C=O) groups excluding carboxylic acids is 1. The summed E-state index contributed by atoms with van der Waals surface area (Å²) in [6.45, 7) is 7.61. The predicted octanol–water partition coefficient (Wildman–Crippen LogP) is 1.84. The number of hydrogen-bond donors (Lipinski definition) is 0. The smallest absolute Gasteiger partial charge is 0.258 e. The third kappa shape index (κ3) is 2.05. The second kappa shape index (κ2) is 4.24. The summed E-state index contributed by atoms with van der Waals surface area (Å²) in [5.74, 6) is 0.220. The molecule has 0 fully saturated rings. The van der Waals surface area contributed by atoms with E-state index in [9.17, 15) is 4.79 Å². The number of hydrogen-bond acceptors (Lipinski definition) is 4. The third-order valence-electron chi connectivity index (χ3n) is 2.84. The molecule has 0 aromatic carbocycles. The van der Waals surface area contributed by atoms with Crippen LogP contribution in [-0.4, -0.2) is 21.6 Å². The molecule has 1 aliphatic rings. The Bertz CT molecular complexity index is 475. The van der Waals surface area contributed by atoms with Crippen LogP contribution in [0, 0.1) is 19.8 Å². The van der Waals surface area contributed by atoms with E-state index >= 15 is 0 Å². The molecule has 5 nitrogen and oxygen atoms in total. The van der Waals surface area contributed by atoms with Gasteiger partial charge in [0.05, 0.1) is 5.92 Å². The molecule has 1 aromatic heterocycles. The molecule has 0 bridgehead atoms. The SMILES string of the molecule is CC[C@@H]1C(=O)N(c2nc(C)cc(C)n2)N=C1C. The van der Waals surface area contributed by atoms with E-state index in [0.717, 1.165) is 23.5 Å². The first kappa shape index (κ1) is 11.7. The molecule has 1 atom stereocenters. The van der Waals surface area contributed by atoms with E-state index in [-0.39, 0.29) is 11.8 Å². The standard InChI is InChI=1S/C12H16N4O/c1-5-10-9(4)15-16(11(10)17)12-13-7(2)6-8(3)14-12/h6,10H,5H2,1-4H3/t10-/m0/s1. The van der Waals surface area contributed by atoms with Gasteiger partial charge >= 0.3 is 0 Å². The maximum atomic E-state index is 12.1. The van der Waals surface area contributed by atoms with Crippen LogP contribution in [0.3, 0.4) is 0 Å². The fraction of sp³-hybridized carbons (Fsp3) is 0.500. The molecule has 1 amide bonds. The minimum Gasteiger partial charge on any atom is -0.272 e. The number of hydrazone groups is 1. The maximum absolute atomic E-state index is 12.1. The monoisotopic (exact) mass is 232 g/mol. The van der Waals surface area contributed by atoms with Gasteiger partial charge in [0.1, 0.15) is 0 Å². The van der Waals surface area contributed by atoms with Gasteiger partial charge in [0.15, 0.2) is 0 Å². The zero-order valence-corrected chi connectivity index (χ0v) is 10.6. The number of anilines is 1. The molecule has 0 saturated carbocycles. The summed E-state index contributed by atoms with van der Waals surface area (Å²) in [7, 11) is 0. The van der Waals surface area contributed by atoms with Gasteiger partial charge in [-0.3, -0.25) is 4.79 Å². The molecule has 90 valence electrons. The molecular weight excluding hydrogens is 216 g/mol. The Morgan fingerprint density at radius 3 is 2.29 bits per heavy atom. The zero-order valence-electron chi connectivity index (χ0n) is 10.6. The lowest BCUT2D eigenvalue weighted by molar-refractivity contribution is -0.119. The molecule has 1 aliphatic heterocycles. The van der Waals surface area contributed by atoms with Crippen molar-refractivity contribution in [2.75, 3.05) is 5.01 Å². The van der Waals surface area contributed by atoms with E-state index in [1.807, 2.05) is 33.8 Å². The second-order valence-corrected chi connectivity index (χ2v) is 4.30. The number of carbonyl (C=O) groups is 1. The Balaban J connectivity index is 2.39. The first-order valence-electron chi connectivity index (χ1n) is 5.74. The van der Waals surface area contributed by atoms with Crippen molar-refractivity contribution in [3.05, 3.63) is 17.5 Å². The van der Waals surface area contributed by atoms with E-state index in [4.69, 9.17) is 0 Å². The quantitative estimate of drug-likeness (QED) is 0.781. The average Bonchev–Trinajstić information content (AvgIpc) is 2.52. The van der Waals surface area contributed by atoms with Crippen LogP contribution >= 0.6 is 0 Å². The van der Waals surface area contributed by atoms with Crippen molar-refractivity contribution < 1.29 is 4.79 Å². The van der Waals surface area contributed by atoms with E-state index in [0.29, 0.717) is 5.95 Å². The van der Waals surface area contributed by atoms with Crippen molar-refractivity contribution in [1.82, 2.24) is 9.97 Å². The van der Waals surface area contributed by atoms with Crippen LogP contribution < -0.4 is 5.01 Å². The number of nitrogens with zero attached hydrogens (tertiary/aromatic N) is 4. The molecule has 2 rings (SSSR count). The summed E-state index contributed by atoms with van der Waals surface area (Å²) in [6, 6.07) is 1.87. The molecule has 0 unspecified atom stereocenters. The van der Waals surface area contributed by atoms with Gasteiger partial charge in [-0.05, 0) is 33.3 Å². The molecule has 0 aliphatic carbocycles. The van der Waals surface area contributed by atoms with Crippen LogP contribution in [0.1, 0.15) is 31.7 Å². The van der Waals surface area contributed by atoms with Crippen molar-refractivity contribution in [2.24, 2.45) is 11.0 Å². The second-order valence-electron chi connectivity index (χ2n) is 4.30. The lowest BCUT2D eigenvalue weighted by Gasteiger charge is -2.12. The van der Waals surface area contributed by atoms with Crippen molar-refractivity contribution in [3.63, 3.8) is 0 Å². The predicted molar refractivity (Wildman–Crippen MR) is 65.9 cm³/mol. The van der Waals surface area contributed by atoms with E-state index in [2.05, 4.69) is 15.1 Å². The normalized spacial score (nSPS) is 19.8. The van der Waals surface area contributed by atoms with Crippen LogP contribution in [0.5, 0.6) is 0 Å². The van der Waals surface area contributed by atoms with Crippen molar-refractivity contribution >= 4 is 17.6 Å². The average molecular weight is 232 g/mol. The minimum absolute atomic E-state index is 0.0324. The fourth-order valence-corrected chi connectivity index (χ4v) is 2.02. The summed E-state index contributed by atoms with van der Waals surface area (Å²) in [5, 5.41) is 5.57. The first-order valence-corrected chi connectivity index (χ1v) is 5.74. The van der Waals surface area contributed by atoms with Gasteiger partial charge in [0, 0.05) is 17.1 Å². The topological polar surface area (TPSA) is 58.5 Å². The number of aryl methyl sites for hydroxylation is 2. The van der Waals surface area contributed by atoms with Crippen LogP contribution in [0.2, 0.25) is 0 Å². The van der Waals surface area contributed by atoms with Crippen molar-refractivity contribution in [1.29, 1.82) is 0 Å². The Morgan fingerprint density at radius 2 is 1.82 bits per heavy atom. The molecule has 0 spiro atoms. The Kier molecular flexibility index (Phi) is 2.92. The number of rotatable bonds is 2. The highest BCUT2D eigenvalue weighted by Crippen LogP contribution is 2.23. The van der Waals surface area contributed by atoms with Crippen molar-refractivity contribution in [2.45, 2.75) is 34.1 Å². The number of aromatic nitrogens is 2. The van der Waals surface area contributed by atoms with Gasteiger partial charge in [-0.1, -0.05) is 6.92 Å². The number of amides is 1. The van der Waals surface area contributed by atoms with E-state index in [1.54, 1.807) is 0 Å². The summed E-state index contributed by atoms with van der Waals surface area (Å²) in [4.78, 5) is 20.6. The first-order chi connectivity index (χ1) is 8.02. The maximum Gasteiger partial charge on any atom is 0.258 e. The molecule has 0 saturated heterocycles. The van der Waals surface area contributed by atoms with Crippen LogP contribution in [0.15, 0.2) is 11.2 Å². The Morgan fingerprint density at radius 1 is 1.24 bits per heavy atom. The highest BCUT2D eigenvalue weighted by atomic mass is 16.2. The lowest BCUT2D eigenvalue weighted by atomic mass is 10.0. The summed E-state index contributed by atoms with van der Waals surface area (Å²) < 4.78 is 0. The summed E-state index contributed by atoms with van der Waals surface area (Å²) in [6.07, 6.45) is 0.759. The zero-order chi connectivity index (χ0) is 12.6. The highest BCUT2D eigenvalue weighted by Gasteiger charge is 2.34. The summed E-state index contributed by atoms with van der Waals surface area (Å²) in [5.41, 5.74) is 2.52. The molecule has 17 heavy (non-hydrogen) atoms. The molecular formula is C12H16N4O. The van der Waals surface area contributed by atoms with E-state index in [1.165, 1.54) is 5.01 Å². The lowest BCUT2D eigenvalue weighted by Crippen LogP contribution is -2.28. The fourth-order valence-electron chi connectivity index (χ4n) is 2.02. The van der Waals surface area contributed by atoms with Gasteiger partial charge in [-0.15, -0.1) is 0 Å². The molecule has 2 heterocycles. The molecule has 0 radical (unpaired) electrons. The van der Waals surface area contributed by atoms with Gasteiger partial charge in [0.2, 0.25) is 0 Å².